The summed E-state index contributed by atoms with van der Waals surface area (Å²) in [5.74, 6) is -11.8. The molecule has 0 N–H and O–H groups in total. The number of alkyl halides is 3. The van der Waals surface area contributed by atoms with Crippen molar-refractivity contribution in [1.82, 2.24) is 29.1 Å². The second-order valence-corrected chi connectivity index (χ2v) is 23.0. The number of pyridine rings is 4. The average molecular weight is 1260 g/mol. The van der Waals surface area contributed by atoms with Gasteiger partial charge in [-0.05, 0) is 84.9 Å². The fourth-order valence-electron chi connectivity index (χ4n) is 13.0. The van der Waals surface area contributed by atoms with Crippen LogP contribution in [0, 0.1) is 29.1 Å². The van der Waals surface area contributed by atoms with Crippen LogP contribution < -0.4 is 0 Å². The third-order valence-electron chi connectivity index (χ3n) is 17.4. The number of nitrogens with zero attached hydrogens (tertiary/aromatic N) is 6. The van der Waals surface area contributed by atoms with Gasteiger partial charge >= 0.3 is 6.18 Å². The van der Waals surface area contributed by atoms with Gasteiger partial charge < -0.3 is 9.13 Å². The molecule has 0 spiro atoms. The van der Waals surface area contributed by atoms with Gasteiger partial charge in [-0.1, -0.05) is 194 Å². The van der Waals surface area contributed by atoms with Gasteiger partial charge in [0.15, 0.2) is 23.3 Å². The standard InChI is InChI=1S/C81H46F8N6/c82-75-73(76(83)78(85)79(86)77(75)84)59-41-42-68(94-69-43-51(64-29-13-25-60(90-64)47-17-5-1-6-18-47)33-37-55(69)56-38-34-52(44-70(56)94)65-30-14-26-61(91-65)48-19-7-2-8-20-48)74(81(87,88)89)80(59)95-71-45-53(66-31-15-27-62(92-66)49-21-9-3-10-22-49)35-39-57(71)58-40-36-54(46-72(58)95)67-32-16-28-63(93-67)50-23-11-4-12-24-50/h1-46H. The first-order valence-corrected chi connectivity index (χ1v) is 30.4. The van der Waals surface area contributed by atoms with Gasteiger partial charge in [0.25, 0.3) is 0 Å². The Morgan fingerprint density at radius 2 is 0.526 bits per heavy atom. The van der Waals surface area contributed by atoms with Crippen LogP contribution in [-0.4, -0.2) is 29.1 Å². The summed E-state index contributed by atoms with van der Waals surface area (Å²) in [5, 5.41) is 1.79. The molecule has 6 nitrogen and oxygen atoms in total. The molecule has 0 radical (unpaired) electrons. The van der Waals surface area contributed by atoms with Crippen LogP contribution >= 0.6 is 0 Å². The molecule has 456 valence electrons. The van der Waals surface area contributed by atoms with E-state index in [1.807, 2.05) is 182 Å². The lowest BCUT2D eigenvalue weighted by Crippen LogP contribution is -2.17. The molecule has 0 atom stereocenters. The first kappa shape index (κ1) is 58.0. The normalized spacial score (nSPS) is 11.8. The largest absolute Gasteiger partial charge is 0.420 e. The number of aromatic nitrogens is 6. The molecule has 16 aromatic rings. The van der Waals surface area contributed by atoms with Crippen LogP contribution in [0.2, 0.25) is 0 Å². The Hall–Kier alpha value is -12.2. The van der Waals surface area contributed by atoms with E-state index < -0.39 is 63.3 Å². The summed E-state index contributed by atoms with van der Waals surface area (Å²) < 4.78 is 138. The van der Waals surface area contributed by atoms with E-state index in [1.54, 1.807) is 84.9 Å². The number of fused-ring (bicyclic) bond motifs is 6. The Morgan fingerprint density at radius 3 is 0.821 bits per heavy atom. The van der Waals surface area contributed by atoms with E-state index in [9.17, 15) is 0 Å². The van der Waals surface area contributed by atoms with Gasteiger partial charge in [0.2, 0.25) is 5.82 Å². The topological polar surface area (TPSA) is 61.4 Å². The highest BCUT2D eigenvalue weighted by Gasteiger charge is 2.42. The van der Waals surface area contributed by atoms with Crippen molar-refractivity contribution >= 4 is 43.6 Å². The molecule has 0 fully saturated rings. The molecule has 0 aliphatic heterocycles. The zero-order chi connectivity index (χ0) is 64.6. The van der Waals surface area contributed by atoms with E-state index in [4.69, 9.17) is 19.9 Å². The Morgan fingerprint density at radius 1 is 0.253 bits per heavy atom. The molecule has 6 aromatic heterocycles. The van der Waals surface area contributed by atoms with Crippen molar-refractivity contribution < 1.29 is 35.1 Å². The van der Waals surface area contributed by atoms with Gasteiger partial charge in [-0.2, -0.15) is 13.2 Å². The summed E-state index contributed by atoms with van der Waals surface area (Å²) in [6.45, 7) is 0. The monoisotopic (exact) mass is 1250 g/mol. The van der Waals surface area contributed by atoms with Gasteiger partial charge in [-0.3, -0.25) is 0 Å². The maximum atomic E-state index is 17.9. The summed E-state index contributed by atoms with van der Waals surface area (Å²) in [5.41, 5.74) is 4.60. The first-order chi connectivity index (χ1) is 46.3. The minimum Gasteiger partial charge on any atom is -0.309 e. The Balaban J connectivity index is 1.04. The molecule has 16 rings (SSSR count). The number of rotatable bonds is 11. The van der Waals surface area contributed by atoms with Crippen molar-refractivity contribution in [2.24, 2.45) is 0 Å². The van der Waals surface area contributed by atoms with E-state index in [1.165, 1.54) is 9.13 Å². The molecular formula is C81H46F8N6. The van der Waals surface area contributed by atoms with Gasteiger partial charge in [0, 0.05) is 71.6 Å². The zero-order valence-electron chi connectivity index (χ0n) is 49.8. The fraction of sp³-hybridized carbons (Fsp3) is 0.0123. The third-order valence-corrected chi connectivity index (χ3v) is 17.4. The van der Waals surface area contributed by atoms with E-state index in [0.717, 1.165) is 34.4 Å². The molecule has 0 amide bonds. The molecule has 6 heterocycles. The van der Waals surface area contributed by atoms with Crippen LogP contribution in [-0.2, 0) is 6.18 Å². The summed E-state index contributed by atoms with van der Waals surface area (Å²) in [4.78, 5) is 20.1. The van der Waals surface area contributed by atoms with Gasteiger partial charge in [0.1, 0.15) is 5.56 Å². The van der Waals surface area contributed by atoms with Crippen LogP contribution in [0.5, 0.6) is 0 Å². The number of benzene rings is 10. The first-order valence-electron chi connectivity index (χ1n) is 30.4. The molecule has 0 saturated carbocycles. The summed E-state index contributed by atoms with van der Waals surface area (Å²) >= 11 is 0. The average Bonchev–Trinajstić information content (AvgIpc) is 1.61. The molecular weight excluding hydrogens is 1210 g/mol. The van der Waals surface area contributed by atoms with E-state index in [-0.39, 0.29) is 22.1 Å². The van der Waals surface area contributed by atoms with Crippen LogP contribution in [0.15, 0.2) is 279 Å². The molecule has 0 unspecified atom stereocenters. The highest BCUT2D eigenvalue weighted by molar-refractivity contribution is 6.13. The predicted octanol–water partition coefficient (Wildman–Crippen LogP) is 22.2. The number of halogens is 8. The quantitative estimate of drug-likeness (QED) is 0.0735. The minimum absolute atomic E-state index is 0.0703. The van der Waals surface area contributed by atoms with Gasteiger partial charge in [-0.25, -0.2) is 41.9 Å². The molecule has 10 aromatic carbocycles. The van der Waals surface area contributed by atoms with E-state index >= 15 is 35.1 Å². The van der Waals surface area contributed by atoms with Crippen LogP contribution in [0.25, 0.3) is 156 Å². The van der Waals surface area contributed by atoms with Crippen molar-refractivity contribution in [3.05, 3.63) is 314 Å². The smallest absolute Gasteiger partial charge is 0.309 e. The maximum Gasteiger partial charge on any atom is 0.420 e. The fourth-order valence-corrected chi connectivity index (χ4v) is 13.0. The Bertz CT molecular complexity index is 5410. The van der Waals surface area contributed by atoms with Crippen molar-refractivity contribution in [2.75, 3.05) is 0 Å². The maximum absolute atomic E-state index is 17.9. The SMILES string of the molecule is Fc1c(F)c(F)c(-c2ccc(-n3c4cc(-c5cccc(-c6ccccc6)n5)ccc4c4ccc(-c5cccc(-c6ccccc6)n5)cc43)c(C(F)(F)F)c2-n2c3cc(-c4cccc(-c5ccccc5)n4)ccc3c3ccc(-c4cccc(-c5ccccc5)n4)cc32)c(F)c1F. The second kappa shape index (κ2) is 23.2. The van der Waals surface area contributed by atoms with Crippen molar-refractivity contribution in [1.29, 1.82) is 0 Å². The summed E-state index contributed by atoms with van der Waals surface area (Å²) in [6.07, 6.45) is -5.50. The predicted molar refractivity (Wildman–Crippen MR) is 360 cm³/mol. The number of hydrogen-bond acceptors (Lipinski definition) is 4. The Kier molecular flexibility index (Phi) is 14.2. The molecule has 0 saturated heterocycles. The van der Waals surface area contributed by atoms with Crippen LogP contribution in [0.3, 0.4) is 0 Å². The van der Waals surface area contributed by atoms with Gasteiger partial charge in [0.05, 0.1) is 84.6 Å². The highest BCUT2D eigenvalue weighted by atomic mass is 19.4. The summed E-state index contributed by atoms with van der Waals surface area (Å²) in [6, 6.07) is 82.6. The molecule has 0 aliphatic carbocycles. The third kappa shape index (κ3) is 10.1. The lowest BCUT2D eigenvalue weighted by molar-refractivity contribution is -0.137. The molecule has 0 bridgehead atoms. The number of hydrogen-bond donors (Lipinski definition) is 0. The van der Waals surface area contributed by atoms with E-state index in [2.05, 4.69) is 0 Å². The van der Waals surface area contributed by atoms with Gasteiger partial charge in [-0.15, -0.1) is 0 Å². The van der Waals surface area contributed by atoms with Crippen molar-refractivity contribution in [3.8, 4) is 113 Å². The van der Waals surface area contributed by atoms with Crippen LogP contribution in [0.4, 0.5) is 35.1 Å². The van der Waals surface area contributed by atoms with Crippen molar-refractivity contribution in [3.63, 3.8) is 0 Å². The molecule has 0 aliphatic rings. The zero-order valence-corrected chi connectivity index (χ0v) is 49.8. The van der Waals surface area contributed by atoms with Crippen molar-refractivity contribution in [2.45, 2.75) is 6.18 Å². The highest BCUT2D eigenvalue weighted by Crippen LogP contribution is 2.50. The van der Waals surface area contributed by atoms with Crippen LogP contribution in [0.1, 0.15) is 5.56 Å². The second-order valence-electron chi connectivity index (χ2n) is 23.0. The Labute approximate surface area is 537 Å². The molecule has 95 heavy (non-hydrogen) atoms. The lowest BCUT2D eigenvalue weighted by atomic mass is 9.95. The molecule has 14 heteroatoms. The lowest BCUT2D eigenvalue weighted by Gasteiger charge is -2.25. The minimum atomic E-state index is -5.50. The summed E-state index contributed by atoms with van der Waals surface area (Å²) in [7, 11) is 0. The van der Waals surface area contributed by atoms with E-state index in [0.29, 0.717) is 89.4 Å².